The van der Waals surface area contributed by atoms with E-state index in [1.807, 2.05) is 0 Å². The average Bonchev–Trinajstić information content (AvgIpc) is 2.56. The molecule has 1 saturated carbocycles. The van der Waals surface area contributed by atoms with Crippen molar-refractivity contribution in [3.05, 3.63) is 33.8 Å². The van der Waals surface area contributed by atoms with E-state index in [2.05, 4.69) is 17.7 Å². The number of amides is 1. The molecule has 1 saturated heterocycles. The maximum atomic E-state index is 12.2. The van der Waals surface area contributed by atoms with Gasteiger partial charge >= 0.3 is 0 Å². The highest BCUT2D eigenvalue weighted by Crippen LogP contribution is 2.36. The Morgan fingerprint density at radius 1 is 1.32 bits per heavy atom. The number of nitrogens with one attached hydrogen (secondary N) is 2. The molecule has 2 fully saturated rings. The summed E-state index contributed by atoms with van der Waals surface area (Å²) in [5.74, 6) is 0.867. The van der Waals surface area contributed by atoms with Crippen LogP contribution in [0.3, 0.4) is 0 Å². The van der Waals surface area contributed by atoms with Crippen LogP contribution in [0.15, 0.2) is 18.2 Å². The molecule has 2 aliphatic rings. The lowest BCUT2D eigenvalue weighted by atomic mass is 9.74. The van der Waals surface area contributed by atoms with Gasteiger partial charge in [0.1, 0.15) is 5.78 Å². The number of hydrogen-bond acceptors (Lipinski definition) is 4. The van der Waals surface area contributed by atoms with Crippen molar-refractivity contribution in [2.45, 2.75) is 44.8 Å². The Balaban J connectivity index is 1.50. The summed E-state index contributed by atoms with van der Waals surface area (Å²) in [5, 5.41) is 3.77. The molecule has 5 nitrogen and oxygen atoms in total. The summed E-state index contributed by atoms with van der Waals surface area (Å²) in [6, 6.07) is 4.93. The van der Waals surface area contributed by atoms with Crippen LogP contribution in [-0.2, 0) is 9.63 Å². The van der Waals surface area contributed by atoms with Gasteiger partial charge in [0, 0.05) is 41.0 Å². The summed E-state index contributed by atoms with van der Waals surface area (Å²) in [6.07, 6.45) is 2.76. The van der Waals surface area contributed by atoms with Crippen LogP contribution in [0, 0.1) is 11.8 Å². The zero-order valence-electron chi connectivity index (χ0n) is 14.1. The van der Waals surface area contributed by atoms with E-state index in [0.29, 0.717) is 46.8 Å². The van der Waals surface area contributed by atoms with Crippen molar-refractivity contribution in [1.29, 1.82) is 0 Å². The first-order valence-electron chi connectivity index (χ1n) is 8.61. The maximum Gasteiger partial charge on any atom is 0.251 e. The Kier molecular flexibility index (Phi) is 6.00. The topological polar surface area (TPSA) is 67.4 Å². The van der Waals surface area contributed by atoms with E-state index in [1.54, 1.807) is 18.2 Å². The quantitative estimate of drug-likeness (QED) is 0.834. The van der Waals surface area contributed by atoms with Crippen molar-refractivity contribution in [2.24, 2.45) is 11.8 Å². The standard InChI is InChI=1S/C18H22Cl2N2O3/c1-10-15-3-2-14(23)9-17(15)25-22-16(10)4-5-21-18(24)11-6-12(19)8-13(20)7-11/h6-8,10,15-17,22H,2-5,9H2,1H3,(H,21,24). The molecule has 1 aliphatic heterocycles. The zero-order chi connectivity index (χ0) is 18.0. The molecule has 0 spiro atoms. The second-order valence-corrected chi connectivity index (χ2v) is 7.76. The molecule has 136 valence electrons. The molecule has 4 atom stereocenters. The van der Waals surface area contributed by atoms with Gasteiger partial charge in [0.15, 0.2) is 0 Å². The highest BCUT2D eigenvalue weighted by molar-refractivity contribution is 6.35. The summed E-state index contributed by atoms with van der Waals surface area (Å²) in [6.45, 7) is 2.71. The first kappa shape index (κ1) is 18.6. The van der Waals surface area contributed by atoms with Crippen molar-refractivity contribution in [2.75, 3.05) is 6.54 Å². The fourth-order valence-electron chi connectivity index (χ4n) is 3.75. The van der Waals surface area contributed by atoms with Crippen LogP contribution in [-0.4, -0.2) is 30.4 Å². The molecule has 0 radical (unpaired) electrons. The highest BCUT2D eigenvalue weighted by Gasteiger charge is 2.40. The minimum atomic E-state index is -0.199. The van der Waals surface area contributed by atoms with Crippen molar-refractivity contribution >= 4 is 34.9 Å². The Hall–Kier alpha value is -1.14. The number of halogens is 2. The lowest BCUT2D eigenvalue weighted by molar-refractivity contribution is -0.160. The molecule has 1 amide bonds. The van der Waals surface area contributed by atoms with E-state index in [9.17, 15) is 9.59 Å². The second-order valence-electron chi connectivity index (χ2n) is 6.89. The molecule has 1 heterocycles. The number of hydrogen-bond donors (Lipinski definition) is 2. The Morgan fingerprint density at radius 3 is 2.76 bits per heavy atom. The molecular formula is C18H22Cl2N2O3. The van der Waals surface area contributed by atoms with Crippen molar-refractivity contribution in [1.82, 2.24) is 10.8 Å². The number of benzene rings is 1. The number of Topliss-reactive ketones (excluding diaryl/α,β-unsaturated/α-hetero) is 1. The van der Waals surface area contributed by atoms with E-state index in [4.69, 9.17) is 28.0 Å². The number of rotatable bonds is 4. The van der Waals surface area contributed by atoms with Gasteiger partial charge in [-0.05, 0) is 42.9 Å². The lowest BCUT2D eigenvalue weighted by Crippen LogP contribution is -2.53. The fourth-order valence-corrected chi connectivity index (χ4v) is 4.28. The molecule has 4 unspecified atom stereocenters. The molecule has 3 rings (SSSR count). The number of hydroxylamine groups is 1. The van der Waals surface area contributed by atoms with E-state index in [-0.39, 0.29) is 23.8 Å². The fraction of sp³-hybridized carbons (Fsp3) is 0.556. The van der Waals surface area contributed by atoms with Gasteiger partial charge in [-0.25, -0.2) is 0 Å². The molecule has 25 heavy (non-hydrogen) atoms. The summed E-state index contributed by atoms with van der Waals surface area (Å²) < 4.78 is 0. The first-order valence-corrected chi connectivity index (χ1v) is 9.37. The van der Waals surface area contributed by atoms with Crippen molar-refractivity contribution in [3.8, 4) is 0 Å². The van der Waals surface area contributed by atoms with Gasteiger partial charge in [-0.3, -0.25) is 14.4 Å². The number of ketones is 1. The van der Waals surface area contributed by atoms with Gasteiger partial charge in [0.2, 0.25) is 0 Å². The molecule has 1 aromatic rings. The third-order valence-corrected chi connectivity index (χ3v) is 5.65. The largest absolute Gasteiger partial charge is 0.352 e. The zero-order valence-corrected chi connectivity index (χ0v) is 15.6. The van der Waals surface area contributed by atoms with Crippen LogP contribution in [0.1, 0.15) is 43.0 Å². The predicted molar refractivity (Wildman–Crippen MR) is 96.7 cm³/mol. The minimum Gasteiger partial charge on any atom is -0.352 e. The van der Waals surface area contributed by atoms with E-state index in [0.717, 1.165) is 12.8 Å². The molecular weight excluding hydrogens is 363 g/mol. The van der Waals surface area contributed by atoms with Crippen molar-refractivity contribution in [3.63, 3.8) is 0 Å². The van der Waals surface area contributed by atoms with Crippen molar-refractivity contribution < 1.29 is 14.4 Å². The normalized spacial score (nSPS) is 29.2. The van der Waals surface area contributed by atoms with Gasteiger partial charge in [0.05, 0.1) is 6.10 Å². The van der Waals surface area contributed by atoms with Gasteiger partial charge in [-0.2, -0.15) is 5.48 Å². The third-order valence-electron chi connectivity index (χ3n) is 5.21. The molecule has 7 heteroatoms. The molecule has 0 bridgehead atoms. The van der Waals surface area contributed by atoms with Crippen LogP contribution in [0.4, 0.5) is 0 Å². The Labute approximate surface area is 157 Å². The van der Waals surface area contributed by atoms with E-state index >= 15 is 0 Å². The number of carbonyl (C=O) groups is 2. The average molecular weight is 385 g/mol. The molecule has 2 N–H and O–H groups in total. The van der Waals surface area contributed by atoms with E-state index in [1.165, 1.54) is 0 Å². The van der Waals surface area contributed by atoms with E-state index < -0.39 is 0 Å². The van der Waals surface area contributed by atoms with Gasteiger partial charge in [-0.1, -0.05) is 30.1 Å². The maximum absolute atomic E-state index is 12.2. The monoisotopic (exact) mass is 384 g/mol. The SMILES string of the molecule is CC1C(CCNC(=O)c2cc(Cl)cc(Cl)c2)NOC2CC(=O)CCC21. The highest BCUT2D eigenvalue weighted by atomic mass is 35.5. The second kappa shape index (κ2) is 8.04. The summed E-state index contributed by atoms with van der Waals surface area (Å²) in [7, 11) is 0. The van der Waals surface area contributed by atoms with Crippen LogP contribution in [0.2, 0.25) is 10.0 Å². The van der Waals surface area contributed by atoms with Crippen LogP contribution in [0.5, 0.6) is 0 Å². The smallest absolute Gasteiger partial charge is 0.251 e. The van der Waals surface area contributed by atoms with Crippen LogP contribution in [0.25, 0.3) is 0 Å². The minimum absolute atomic E-state index is 0.0179. The summed E-state index contributed by atoms with van der Waals surface area (Å²) in [5.41, 5.74) is 3.52. The van der Waals surface area contributed by atoms with Gasteiger partial charge in [-0.15, -0.1) is 0 Å². The predicted octanol–water partition coefficient (Wildman–Crippen LogP) is 3.39. The van der Waals surface area contributed by atoms with Gasteiger partial charge in [0.25, 0.3) is 5.91 Å². The molecule has 0 aromatic heterocycles. The number of fused-ring (bicyclic) bond motifs is 1. The molecule has 1 aromatic carbocycles. The Bertz CT molecular complexity index is 647. The molecule has 1 aliphatic carbocycles. The summed E-state index contributed by atoms with van der Waals surface area (Å²) in [4.78, 5) is 29.5. The first-order chi connectivity index (χ1) is 11.9. The summed E-state index contributed by atoms with van der Waals surface area (Å²) >= 11 is 11.9. The number of carbonyl (C=O) groups excluding carboxylic acids is 2. The van der Waals surface area contributed by atoms with Gasteiger partial charge < -0.3 is 5.32 Å². The Morgan fingerprint density at radius 2 is 2.04 bits per heavy atom. The van der Waals surface area contributed by atoms with Crippen LogP contribution < -0.4 is 10.8 Å². The third kappa shape index (κ3) is 4.53. The van der Waals surface area contributed by atoms with Crippen LogP contribution >= 0.6 is 23.2 Å². The lowest BCUT2D eigenvalue weighted by Gasteiger charge is -2.43.